The van der Waals surface area contributed by atoms with Crippen molar-refractivity contribution in [3.8, 4) is 6.07 Å². The molecule has 0 spiro atoms. The van der Waals surface area contributed by atoms with Gasteiger partial charge in [-0.25, -0.2) is 0 Å². The van der Waals surface area contributed by atoms with Crippen molar-refractivity contribution in [2.75, 3.05) is 5.32 Å². The number of nitriles is 1. The molecule has 0 aliphatic carbocycles. The molecule has 0 atom stereocenters. The van der Waals surface area contributed by atoms with Crippen LogP contribution in [0.5, 0.6) is 0 Å². The van der Waals surface area contributed by atoms with Crippen LogP contribution < -0.4 is 5.32 Å². The van der Waals surface area contributed by atoms with Crippen LogP contribution in [0.25, 0.3) is 0 Å². The smallest absolute Gasteiger partial charge is 0.101 e. The number of anilines is 1. The maximum atomic E-state index is 9.06. The van der Waals surface area contributed by atoms with Gasteiger partial charge in [-0.05, 0) is 36.2 Å². The zero-order valence-corrected chi connectivity index (χ0v) is 11.4. The molecule has 0 aliphatic rings. The van der Waals surface area contributed by atoms with Crippen molar-refractivity contribution in [2.24, 2.45) is 0 Å². The molecule has 1 N–H and O–H groups in total. The highest BCUT2D eigenvalue weighted by Gasteiger charge is 2.05. The van der Waals surface area contributed by atoms with Crippen molar-refractivity contribution in [3.63, 3.8) is 0 Å². The lowest BCUT2D eigenvalue weighted by molar-refractivity contribution is 0.971. The molecule has 0 saturated heterocycles. The number of hydrogen-bond acceptors (Lipinski definition) is 3. The maximum Gasteiger partial charge on any atom is 0.101 e. The topological polar surface area (TPSA) is 48.7 Å². The van der Waals surface area contributed by atoms with Gasteiger partial charge in [0.15, 0.2) is 0 Å². The lowest BCUT2D eigenvalue weighted by Crippen LogP contribution is -2.06. The monoisotopic (exact) mass is 271 g/mol. The predicted octanol–water partition coefficient (Wildman–Crippen LogP) is 3.78. The number of rotatable bonds is 4. The van der Waals surface area contributed by atoms with Gasteiger partial charge >= 0.3 is 0 Å². The van der Waals surface area contributed by atoms with E-state index in [1.165, 1.54) is 5.56 Å². The number of pyridine rings is 1. The van der Waals surface area contributed by atoms with Gasteiger partial charge in [-0.2, -0.15) is 5.26 Å². The molecule has 19 heavy (non-hydrogen) atoms. The molecule has 0 amide bonds. The molecule has 0 unspecified atom stereocenters. The van der Waals surface area contributed by atoms with Crippen molar-refractivity contribution in [1.82, 2.24) is 4.98 Å². The first-order chi connectivity index (χ1) is 9.24. The van der Waals surface area contributed by atoms with Crippen LogP contribution in [-0.4, -0.2) is 4.98 Å². The van der Waals surface area contributed by atoms with Gasteiger partial charge in [0.2, 0.25) is 0 Å². The lowest BCUT2D eigenvalue weighted by atomic mass is 10.1. The van der Waals surface area contributed by atoms with Crippen LogP contribution in [0.2, 0.25) is 5.02 Å². The summed E-state index contributed by atoms with van der Waals surface area (Å²) < 4.78 is 0. The molecule has 2 rings (SSSR count). The number of halogens is 1. The van der Waals surface area contributed by atoms with Crippen molar-refractivity contribution in [3.05, 3.63) is 58.4 Å². The number of hydrogen-bond donors (Lipinski definition) is 1. The Labute approximate surface area is 117 Å². The Morgan fingerprint density at radius 1 is 1.37 bits per heavy atom. The largest absolute Gasteiger partial charge is 0.378 e. The van der Waals surface area contributed by atoms with Crippen LogP contribution >= 0.6 is 11.6 Å². The second-order valence-corrected chi connectivity index (χ2v) is 4.55. The van der Waals surface area contributed by atoms with E-state index in [4.69, 9.17) is 16.9 Å². The average Bonchev–Trinajstić information content (AvgIpc) is 2.45. The molecular formula is C15H14ClN3. The van der Waals surface area contributed by atoms with E-state index in [1.54, 1.807) is 24.4 Å². The molecule has 0 saturated carbocycles. The third kappa shape index (κ3) is 3.24. The first-order valence-corrected chi connectivity index (χ1v) is 6.48. The SMILES string of the molecule is CCc1cccnc1CNc1cc(Cl)ccc1C#N. The van der Waals surface area contributed by atoms with Crippen molar-refractivity contribution < 1.29 is 0 Å². The minimum Gasteiger partial charge on any atom is -0.378 e. The molecule has 0 fully saturated rings. The highest BCUT2D eigenvalue weighted by molar-refractivity contribution is 6.30. The molecule has 1 aromatic carbocycles. The van der Waals surface area contributed by atoms with Crippen LogP contribution in [0.3, 0.4) is 0 Å². The van der Waals surface area contributed by atoms with E-state index in [0.717, 1.165) is 17.8 Å². The Hall–Kier alpha value is -2.05. The third-order valence-electron chi connectivity index (χ3n) is 2.91. The van der Waals surface area contributed by atoms with E-state index in [9.17, 15) is 0 Å². The Bertz CT molecular complexity index is 617. The molecule has 96 valence electrons. The number of nitrogens with zero attached hydrogens (tertiary/aromatic N) is 2. The molecule has 4 heteroatoms. The first kappa shape index (κ1) is 13.4. The Morgan fingerprint density at radius 3 is 2.95 bits per heavy atom. The fourth-order valence-electron chi connectivity index (χ4n) is 1.89. The maximum absolute atomic E-state index is 9.06. The zero-order chi connectivity index (χ0) is 13.7. The minimum atomic E-state index is 0.582. The van der Waals surface area contributed by atoms with Gasteiger partial charge in [0, 0.05) is 11.2 Å². The summed E-state index contributed by atoms with van der Waals surface area (Å²) in [4.78, 5) is 4.36. The van der Waals surface area contributed by atoms with Gasteiger partial charge < -0.3 is 5.32 Å². The fourth-order valence-corrected chi connectivity index (χ4v) is 2.06. The Balaban J connectivity index is 2.19. The summed E-state index contributed by atoms with van der Waals surface area (Å²) in [5.74, 6) is 0. The summed E-state index contributed by atoms with van der Waals surface area (Å²) in [6, 6.07) is 11.3. The van der Waals surface area contributed by atoms with Crippen molar-refractivity contribution in [1.29, 1.82) is 5.26 Å². The number of nitrogens with one attached hydrogen (secondary N) is 1. The minimum absolute atomic E-state index is 0.582. The lowest BCUT2D eigenvalue weighted by Gasteiger charge is -2.10. The zero-order valence-electron chi connectivity index (χ0n) is 10.7. The van der Waals surface area contributed by atoms with Gasteiger partial charge in [-0.1, -0.05) is 24.6 Å². The third-order valence-corrected chi connectivity index (χ3v) is 3.15. The van der Waals surface area contributed by atoms with Crippen LogP contribution in [0, 0.1) is 11.3 Å². The van der Waals surface area contributed by atoms with E-state index in [1.807, 2.05) is 6.07 Å². The standard InChI is InChI=1S/C15H14ClN3/c1-2-11-4-3-7-18-15(11)10-19-14-8-13(16)6-5-12(14)9-17/h3-8,19H,2,10H2,1H3. The number of aromatic nitrogens is 1. The van der Waals surface area contributed by atoms with Gasteiger partial charge in [-0.3, -0.25) is 4.98 Å². The average molecular weight is 272 g/mol. The Morgan fingerprint density at radius 2 is 2.21 bits per heavy atom. The van der Waals surface area contributed by atoms with E-state index in [2.05, 4.69) is 29.4 Å². The highest BCUT2D eigenvalue weighted by Crippen LogP contribution is 2.21. The van der Waals surface area contributed by atoms with Gasteiger partial charge in [0.1, 0.15) is 6.07 Å². The summed E-state index contributed by atoms with van der Waals surface area (Å²) in [5.41, 5.74) is 3.52. The van der Waals surface area contributed by atoms with Crippen LogP contribution in [0.4, 0.5) is 5.69 Å². The van der Waals surface area contributed by atoms with E-state index in [0.29, 0.717) is 17.1 Å². The second kappa shape index (κ2) is 6.21. The molecule has 2 aromatic rings. The summed E-state index contributed by atoms with van der Waals surface area (Å²) in [7, 11) is 0. The molecule has 0 bridgehead atoms. The molecule has 0 aliphatic heterocycles. The summed E-state index contributed by atoms with van der Waals surface area (Å²) in [6.45, 7) is 2.68. The van der Waals surface area contributed by atoms with Crippen molar-refractivity contribution in [2.45, 2.75) is 19.9 Å². The van der Waals surface area contributed by atoms with Gasteiger partial charge in [0.25, 0.3) is 0 Å². The molecule has 3 nitrogen and oxygen atoms in total. The first-order valence-electron chi connectivity index (χ1n) is 6.11. The van der Waals surface area contributed by atoms with Gasteiger partial charge in [0.05, 0.1) is 23.5 Å². The summed E-state index contributed by atoms with van der Waals surface area (Å²) in [6.07, 6.45) is 2.71. The normalized spacial score (nSPS) is 9.95. The quantitative estimate of drug-likeness (QED) is 0.921. The molecular weight excluding hydrogens is 258 g/mol. The van der Waals surface area contributed by atoms with Gasteiger partial charge in [-0.15, -0.1) is 0 Å². The van der Waals surface area contributed by atoms with E-state index in [-0.39, 0.29) is 0 Å². The predicted molar refractivity (Wildman–Crippen MR) is 77.1 cm³/mol. The number of aryl methyl sites for hydroxylation is 1. The van der Waals surface area contributed by atoms with E-state index < -0.39 is 0 Å². The highest BCUT2D eigenvalue weighted by atomic mass is 35.5. The number of benzene rings is 1. The van der Waals surface area contributed by atoms with Crippen molar-refractivity contribution >= 4 is 17.3 Å². The van der Waals surface area contributed by atoms with Crippen LogP contribution in [0.15, 0.2) is 36.5 Å². The van der Waals surface area contributed by atoms with Crippen LogP contribution in [0.1, 0.15) is 23.7 Å². The Kier molecular flexibility index (Phi) is 4.38. The summed E-state index contributed by atoms with van der Waals surface area (Å²) in [5, 5.41) is 12.9. The summed E-state index contributed by atoms with van der Waals surface area (Å²) >= 11 is 5.95. The molecule has 1 aromatic heterocycles. The van der Waals surface area contributed by atoms with E-state index >= 15 is 0 Å². The molecule has 0 radical (unpaired) electrons. The second-order valence-electron chi connectivity index (χ2n) is 4.12. The molecule has 1 heterocycles. The fraction of sp³-hybridized carbons (Fsp3) is 0.200. The van der Waals surface area contributed by atoms with Crippen LogP contribution in [-0.2, 0) is 13.0 Å².